The monoisotopic (exact) mass is 334 g/mol. The van der Waals surface area contributed by atoms with Gasteiger partial charge in [-0.05, 0) is 45.1 Å². The smallest absolute Gasteiger partial charge is 0.247 e. The molecule has 25 heavy (non-hydrogen) atoms. The number of aromatic nitrogens is 5. The van der Waals surface area contributed by atoms with Crippen LogP contribution in [0.25, 0.3) is 11.4 Å². The number of anilines is 2. The summed E-state index contributed by atoms with van der Waals surface area (Å²) in [7, 11) is 0. The Kier molecular flexibility index (Phi) is 4.17. The molecule has 0 fully saturated rings. The molecule has 2 heterocycles. The van der Waals surface area contributed by atoms with Gasteiger partial charge in [0, 0.05) is 16.8 Å². The van der Waals surface area contributed by atoms with E-state index < -0.39 is 0 Å². The van der Waals surface area contributed by atoms with Gasteiger partial charge in [-0.25, -0.2) is 9.97 Å². The minimum atomic E-state index is 0.554. The first-order valence-electron chi connectivity index (χ1n) is 8.82. The first-order valence-corrected chi connectivity index (χ1v) is 8.82. The molecule has 0 atom stereocenters. The van der Waals surface area contributed by atoms with Crippen molar-refractivity contribution >= 4 is 11.8 Å². The van der Waals surface area contributed by atoms with E-state index in [2.05, 4.69) is 39.6 Å². The second-order valence-corrected chi connectivity index (χ2v) is 6.57. The quantitative estimate of drug-likeness (QED) is 0.710. The molecule has 0 radical (unpaired) electrons. The molecule has 4 rings (SSSR count). The van der Waals surface area contributed by atoms with Crippen molar-refractivity contribution in [3.63, 3.8) is 0 Å². The lowest BCUT2D eigenvalue weighted by Crippen LogP contribution is -2.08. The first-order chi connectivity index (χ1) is 12.2. The molecular formula is C19H22N6. The van der Waals surface area contributed by atoms with Crippen LogP contribution in [0.1, 0.15) is 41.9 Å². The molecule has 2 N–H and O–H groups in total. The summed E-state index contributed by atoms with van der Waals surface area (Å²) in [5, 5.41) is 10.4. The average Bonchev–Trinajstić information content (AvgIpc) is 2.87. The van der Waals surface area contributed by atoms with Gasteiger partial charge >= 0.3 is 0 Å². The molecule has 128 valence electrons. The molecule has 3 aromatic rings. The van der Waals surface area contributed by atoms with Crippen molar-refractivity contribution in [2.24, 2.45) is 0 Å². The third-order valence-electron chi connectivity index (χ3n) is 4.65. The number of aryl methyl sites for hydroxylation is 3. The summed E-state index contributed by atoms with van der Waals surface area (Å²) in [5.41, 5.74) is 4.61. The molecule has 0 aliphatic heterocycles. The van der Waals surface area contributed by atoms with Crippen LogP contribution in [0, 0.1) is 13.8 Å². The van der Waals surface area contributed by atoms with Gasteiger partial charge in [-0.15, -0.1) is 5.10 Å². The Balaban J connectivity index is 1.82. The summed E-state index contributed by atoms with van der Waals surface area (Å²) in [4.78, 5) is 14.1. The maximum atomic E-state index is 4.91. The van der Waals surface area contributed by atoms with E-state index >= 15 is 0 Å². The lowest BCUT2D eigenvalue weighted by molar-refractivity contribution is 0.709. The van der Waals surface area contributed by atoms with Crippen LogP contribution in [0.4, 0.5) is 11.8 Å². The highest BCUT2D eigenvalue weighted by atomic mass is 15.3. The van der Waals surface area contributed by atoms with Crippen molar-refractivity contribution in [2.75, 3.05) is 5.32 Å². The largest absolute Gasteiger partial charge is 0.307 e. The molecule has 6 nitrogen and oxygen atoms in total. The number of benzene rings is 1. The second kappa shape index (κ2) is 6.63. The van der Waals surface area contributed by atoms with E-state index in [4.69, 9.17) is 9.97 Å². The highest BCUT2D eigenvalue weighted by molar-refractivity contribution is 5.65. The van der Waals surface area contributed by atoms with Gasteiger partial charge in [0.2, 0.25) is 5.95 Å². The molecule has 0 amide bonds. The van der Waals surface area contributed by atoms with Crippen LogP contribution in [0.5, 0.6) is 0 Å². The van der Waals surface area contributed by atoms with E-state index in [1.165, 1.54) is 30.4 Å². The van der Waals surface area contributed by atoms with E-state index in [0.717, 1.165) is 41.6 Å². The summed E-state index contributed by atoms with van der Waals surface area (Å²) >= 11 is 0. The van der Waals surface area contributed by atoms with Crippen LogP contribution in [0.3, 0.4) is 0 Å². The Hall–Kier alpha value is -2.76. The average molecular weight is 334 g/mol. The minimum absolute atomic E-state index is 0.554. The number of hydrogen-bond donors (Lipinski definition) is 2. The first kappa shape index (κ1) is 15.7. The third-order valence-corrected chi connectivity index (χ3v) is 4.65. The van der Waals surface area contributed by atoms with E-state index in [9.17, 15) is 0 Å². The van der Waals surface area contributed by atoms with Crippen molar-refractivity contribution in [2.45, 2.75) is 46.0 Å². The van der Waals surface area contributed by atoms with Crippen LogP contribution < -0.4 is 5.32 Å². The maximum absolute atomic E-state index is 4.91. The number of nitrogens with one attached hydrogen (secondary N) is 2. The zero-order valence-electron chi connectivity index (χ0n) is 14.6. The number of aromatic amines is 1. The lowest BCUT2D eigenvalue weighted by atomic mass is 10.1. The summed E-state index contributed by atoms with van der Waals surface area (Å²) in [6.07, 6.45) is 5.57. The maximum Gasteiger partial charge on any atom is 0.247 e. The Morgan fingerprint density at radius 2 is 1.80 bits per heavy atom. The summed E-state index contributed by atoms with van der Waals surface area (Å²) < 4.78 is 0. The van der Waals surface area contributed by atoms with Crippen LogP contribution >= 0.6 is 0 Å². The summed E-state index contributed by atoms with van der Waals surface area (Å²) in [5.74, 6) is 2.94. The molecule has 2 aromatic heterocycles. The zero-order valence-corrected chi connectivity index (χ0v) is 14.6. The van der Waals surface area contributed by atoms with Gasteiger partial charge < -0.3 is 5.32 Å². The Bertz CT molecular complexity index is 899. The van der Waals surface area contributed by atoms with Gasteiger partial charge in [0.15, 0.2) is 5.82 Å². The van der Waals surface area contributed by atoms with Gasteiger partial charge in [-0.3, -0.25) is 5.10 Å². The highest BCUT2D eigenvalue weighted by Crippen LogP contribution is 2.30. The Morgan fingerprint density at radius 1 is 0.960 bits per heavy atom. The van der Waals surface area contributed by atoms with E-state index in [0.29, 0.717) is 5.95 Å². The fourth-order valence-electron chi connectivity index (χ4n) is 3.32. The SMILES string of the molecule is Cc1nc(Nc2nc(-c3ccccc3C)nc3c2CCCCC3)n[nH]1. The van der Waals surface area contributed by atoms with Gasteiger partial charge in [0.05, 0.1) is 0 Å². The second-order valence-electron chi connectivity index (χ2n) is 6.57. The molecule has 6 heteroatoms. The number of rotatable bonds is 3. The number of fused-ring (bicyclic) bond motifs is 1. The van der Waals surface area contributed by atoms with Gasteiger partial charge in [-0.1, -0.05) is 30.7 Å². The van der Waals surface area contributed by atoms with Gasteiger partial charge in [0.1, 0.15) is 11.6 Å². The number of nitrogens with zero attached hydrogens (tertiary/aromatic N) is 4. The number of hydrogen-bond acceptors (Lipinski definition) is 5. The molecule has 0 unspecified atom stereocenters. The van der Waals surface area contributed by atoms with Gasteiger partial charge in [0.25, 0.3) is 0 Å². The molecule has 0 saturated carbocycles. The van der Waals surface area contributed by atoms with Crippen LogP contribution in [-0.4, -0.2) is 25.1 Å². The van der Waals surface area contributed by atoms with Crippen molar-refractivity contribution in [1.82, 2.24) is 25.1 Å². The standard InChI is InChI=1S/C19H22N6/c1-12-8-6-7-9-14(12)17-21-16-11-5-3-4-10-15(16)18(22-17)23-19-20-13(2)24-25-19/h6-9H,3-5,10-11H2,1-2H3,(H2,20,21,22,23,24,25). The predicted molar refractivity (Wildman–Crippen MR) is 97.9 cm³/mol. The van der Waals surface area contributed by atoms with Crippen molar-refractivity contribution in [1.29, 1.82) is 0 Å². The van der Waals surface area contributed by atoms with Crippen LogP contribution in [0.15, 0.2) is 24.3 Å². The summed E-state index contributed by atoms with van der Waals surface area (Å²) in [6.45, 7) is 3.98. The third kappa shape index (κ3) is 3.24. The molecular weight excluding hydrogens is 312 g/mol. The molecule has 0 bridgehead atoms. The molecule has 0 spiro atoms. The fourth-order valence-corrected chi connectivity index (χ4v) is 3.32. The van der Waals surface area contributed by atoms with E-state index in [1.54, 1.807) is 0 Å². The van der Waals surface area contributed by atoms with E-state index in [1.807, 2.05) is 19.1 Å². The van der Waals surface area contributed by atoms with Crippen molar-refractivity contribution in [3.8, 4) is 11.4 Å². The van der Waals surface area contributed by atoms with Crippen LogP contribution in [0.2, 0.25) is 0 Å². The molecule has 0 saturated heterocycles. The zero-order chi connectivity index (χ0) is 17.2. The number of H-pyrrole nitrogens is 1. The lowest BCUT2D eigenvalue weighted by Gasteiger charge is -2.14. The van der Waals surface area contributed by atoms with Crippen molar-refractivity contribution < 1.29 is 0 Å². The van der Waals surface area contributed by atoms with E-state index in [-0.39, 0.29) is 0 Å². The molecule has 1 aliphatic carbocycles. The van der Waals surface area contributed by atoms with Crippen molar-refractivity contribution in [3.05, 3.63) is 46.9 Å². The molecule has 1 aromatic carbocycles. The van der Waals surface area contributed by atoms with Crippen LogP contribution in [-0.2, 0) is 12.8 Å². The minimum Gasteiger partial charge on any atom is -0.307 e. The predicted octanol–water partition coefficient (Wildman–Crippen LogP) is 3.89. The Labute approximate surface area is 147 Å². The highest BCUT2D eigenvalue weighted by Gasteiger charge is 2.19. The normalized spacial score (nSPS) is 14.0. The molecule has 1 aliphatic rings. The topological polar surface area (TPSA) is 79.4 Å². The van der Waals surface area contributed by atoms with Gasteiger partial charge in [-0.2, -0.15) is 4.98 Å². The fraction of sp³-hybridized carbons (Fsp3) is 0.368. The summed E-state index contributed by atoms with van der Waals surface area (Å²) in [6, 6.07) is 8.24. The Morgan fingerprint density at radius 3 is 2.60 bits per heavy atom.